The maximum Gasteiger partial charge on any atom is 0.352 e. The Bertz CT molecular complexity index is 1290. The number of methoxy groups -OCH3 is 3. The monoisotopic (exact) mass is 410 g/mol. The Labute approximate surface area is 170 Å². The predicted molar refractivity (Wildman–Crippen MR) is 109 cm³/mol. The van der Waals surface area contributed by atoms with Crippen molar-refractivity contribution in [1.29, 1.82) is 0 Å². The average Bonchev–Trinajstić information content (AvgIpc) is 3.35. The summed E-state index contributed by atoms with van der Waals surface area (Å²) in [7, 11) is 4.45. The number of carboxylic acid groups (broad SMARTS) is 1. The highest BCUT2D eigenvalue weighted by Gasteiger charge is 2.22. The molecule has 4 aromatic rings. The normalized spacial score (nSPS) is 10.9. The third-order valence-electron chi connectivity index (χ3n) is 4.64. The molecule has 0 unspecified atom stereocenters. The van der Waals surface area contributed by atoms with E-state index in [9.17, 15) is 9.59 Å². The van der Waals surface area contributed by atoms with Gasteiger partial charge in [-0.2, -0.15) is 0 Å². The molecule has 4 rings (SSSR count). The number of aromatic nitrogens is 1. The number of H-pyrrole nitrogens is 1. The van der Waals surface area contributed by atoms with Crippen LogP contribution in [0.5, 0.6) is 17.2 Å². The third kappa shape index (κ3) is 3.16. The number of furan rings is 1. The molecule has 2 aromatic carbocycles. The Hall–Kier alpha value is -4.14. The highest BCUT2D eigenvalue weighted by Crippen LogP contribution is 2.44. The molecule has 0 saturated heterocycles. The number of aromatic amines is 1. The lowest BCUT2D eigenvalue weighted by Crippen LogP contribution is -2.10. The second-order valence-corrected chi connectivity index (χ2v) is 6.42. The molecule has 0 aliphatic heterocycles. The molecule has 0 fully saturated rings. The number of nitrogens with one attached hydrogen (secondary N) is 2. The zero-order valence-electron chi connectivity index (χ0n) is 16.4. The van der Waals surface area contributed by atoms with Crippen LogP contribution in [-0.4, -0.2) is 43.3 Å². The van der Waals surface area contributed by atoms with Crippen LogP contribution in [0.2, 0.25) is 0 Å². The van der Waals surface area contributed by atoms with Crippen LogP contribution in [0, 0.1) is 0 Å². The summed E-state index contributed by atoms with van der Waals surface area (Å²) in [6.45, 7) is 0. The highest BCUT2D eigenvalue weighted by molar-refractivity contribution is 6.06. The molecule has 9 nitrogen and oxygen atoms in total. The van der Waals surface area contributed by atoms with E-state index in [1.807, 2.05) is 0 Å². The van der Waals surface area contributed by atoms with Crippen LogP contribution in [0.1, 0.15) is 21.0 Å². The largest absolute Gasteiger partial charge is 0.493 e. The molecule has 2 heterocycles. The molecule has 3 N–H and O–H groups in total. The number of ether oxygens (including phenoxy) is 3. The smallest absolute Gasteiger partial charge is 0.352 e. The summed E-state index contributed by atoms with van der Waals surface area (Å²) in [6, 6.07) is 9.79. The van der Waals surface area contributed by atoms with Gasteiger partial charge in [0.15, 0.2) is 17.1 Å². The van der Waals surface area contributed by atoms with E-state index in [0.717, 1.165) is 0 Å². The molecule has 0 bridgehead atoms. The van der Waals surface area contributed by atoms with E-state index in [2.05, 4.69) is 10.3 Å². The maximum absolute atomic E-state index is 12.7. The minimum Gasteiger partial charge on any atom is -0.493 e. The van der Waals surface area contributed by atoms with Gasteiger partial charge in [-0.15, -0.1) is 0 Å². The lowest BCUT2D eigenvalue weighted by molar-refractivity contribution is 0.0691. The van der Waals surface area contributed by atoms with E-state index in [1.54, 1.807) is 30.3 Å². The summed E-state index contributed by atoms with van der Waals surface area (Å²) in [6.07, 6.45) is 0. The highest BCUT2D eigenvalue weighted by atomic mass is 16.5. The van der Waals surface area contributed by atoms with Gasteiger partial charge in [0.05, 0.1) is 21.3 Å². The van der Waals surface area contributed by atoms with Crippen molar-refractivity contribution in [3.8, 4) is 17.2 Å². The second kappa shape index (κ2) is 7.36. The Morgan fingerprint density at radius 2 is 1.73 bits per heavy atom. The number of amides is 1. The van der Waals surface area contributed by atoms with E-state index in [1.165, 1.54) is 27.4 Å². The first-order valence-electron chi connectivity index (χ1n) is 8.85. The van der Waals surface area contributed by atoms with Crippen molar-refractivity contribution >= 4 is 39.4 Å². The summed E-state index contributed by atoms with van der Waals surface area (Å²) in [4.78, 5) is 26.6. The number of rotatable bonds is 6. The topological polar surface area (TPSA) is 123 Å². The van der Waals surface area contributed by atoms with E-state index in [4.69, 9.17) is 23.7 Å². The van der Waals surface area contributed by atoms with Crippen LogP contribution >= 0.6 is 0 Å². The van der Waals surface area contributed by atoms with E-state index in [0.29, 0.717) is 44.8 Å². The fourth-order valence-electron chi connectivity index (χ4n) is 3.27. The van der Waals surface area contributed by atoms with Crippen LogP contribution in [-0.2, 0) is 0 Å². The molecular formula is C21H18N2O7. The van der Waals surface area contributed by atoms with Crippen molar-refractivity contribution in [2.24, 2.45) is 0 Å². The van der Waals surface area contributed by atoms with Gasteiger partial charge in [0, 0.05) is 22.0 Å². The van der Waals surface area contributed by atoms with Crippen LogP contribution in [0.3, 0.4) is 0 Å². The van der Waals surface area contributed by atoms with Crippen LogP contribution in [0.4, 0.5) is 5.69 Å². The fraction of sp³-hybridized carbons (Fsp3) is 0.143. The molecule has 30 heavy (non-hydrogen) atoms. The molecular weight excluding hydrogens is 392 g/mol. The number of anilines is 1. The number of carbonyl (C=O) groups excluding carboxylic acids is 1. The summed E-state index contributed by atoms with van der Waals surface area (Å²) in [5, 5.41) is 13.1. The second-order valence-electron chi connectivity index (χ2n) is 6.42. The minimum absolute atomic E-state index is 0.0685. The number of aromatic carboxylic acids is 1. The SMILES string of the molecule is COc1cc2cc(C(=O)Nc3ccc4[nH]c(C(=O)O)cc4c3)oc2c(OC)c1OC. The van der Waals surface area contributed by atoms with Gasteiger partial charge < -0.3 is 34.0 Å². The lowest BCUT2D eigenvalue weighted by Gasteiger charge is -2.11. The van der Waals surface area contributed by atoms with Gasteiger partial charge >= 0.3 is 5.97 Å². The van der Waals surface area contributed by atoms with Gasteiger partial charge in [-0.25, -0.2) is 4.79 Å². The number of carboxylic acids is 1. The molecule has 1 amide bonds. The zero-order valence-corrected chi connectivity index (χ0v) is 16.4. The third-order valence-corrected chi connectivity index (χ3v) is 4.64. The molecule has 0 aliphatic rings. The Kier molecular flexibility index (Phi) is 4.71. The van der Waals surface area contributed by atoms with E-state index < -0.39 is 11.9 Å². The van der Waals surface area contributed by atoms with E-state index in [-0.39, 0.29) is 11.5 Å². The Morgan fingerprint density at radius 3 is 2.40 bits per heavy atom. The number of carbonyl (C=O) groups is 2. The van der Waals surface area contributed by atoms with E-state index >= 15 is 0 Å². The summed E-state index contributed by atoms with van der Waals surface area (Å²) in [5.74, 6) is -0.332. The van der Waals surface area contributed by atoms with Crippen molar-refractivity contribution in [3.63, 3.8) is 0 Å². The van der Waals surface area contributed by atoms with Crippen molar-refractivity contribution in [2.75, 3.05) is 26.6 Å². The molecule has 0 atom stereocenters. The van der Waals surface area contributed by atoms with Gasteiger partial charge in [-0.3, -0.25) is 4.79 Å². The summed E-state index contributed by atoms with van der Waals surface area (Å²) >= 11 is 0. The zero-order chi connectivity index (χ0) is 21.4. The molecule has 2 aromatic heterocycles. The molecule has 154 valence electrons. The first-order valence-corrected chi connectivity index (χ1v) is 8.85. The Morgan fingerprint density at radius 1 is 0.967 bits per heavy atom. The first kappa shape index (κ1) is 19.2. The fourth-order valence-corrected chi connectivity index (χ4v) is 3.27. The van der Waals surface area contributed by atoms with Gasteiger partial charge in [0.1, 0.15) is 5.69 Å². The number of hydrogen-bond acceptors (Lipinski definition) is 6. The van der Waals surface area contributed by atoms with Crippen molar-refractivity contribution in [1.82, 2.24) is 4.98 Å². The number of fused-ring (bicyclic) bond motifs is 2. The van der Waals surface area contributed by atoms with Crippen LogP contribution in [0.25, 0.3) is 21.9 Å². The quantitative estimate of drug-likeness (QED) is 0.441. The number of hydrogen-bond donors (Lipinski definition) is 3. The molecule has 0 saturated carbocycles. The molecule has 0 radical (unpaired) electrons. The van der Waals surface area contributed by atoms with Gasteiger partial charge in [-0.05, 0) is 36.4 Å². The van der Waals surface area contributed by atoms with Crippen LogP contribution in [0.15, 0.2) is 40.8 Å². The molecule has 0 spiro atoms. The molecule has 9 heteroatoms. The van der Waals surface area contributed by atoms with Crippen molar-refractivity contribution < 1.29 is 33.3 Å². The van der Waals surface area contributed by atoms with Crippen molar-refractivity contribution in [3.05, 3.63) is 47.9 Å². The van der Waals surface area contributed by atoms with Gasteiger partial charge in [-0.1, -0.05) is 0 Å². The summed E-state index contributed by atoms with van der Waals surface area (Å²) in [5.41, 5.74) is 1.57. The van der Waals surface area contributed by atoms with Gasteiger partial charge in [0.25, 0.3) is 5.91 Å². The lowest BCUT2D eigenvalue weighted by atomic mass is 10.2. The number of benzene rings is 2. The van der Waals surface area contributed by atoms with Gasteiger partial charge in [0.2, 0.25) is 11.5 Å². The minimum atomic E-state index is -1.06. The average molecular weight is 410 g/mol. The maximum atomic E-state index is 12.7. The van der Waals surface area contributed by atoms with Crippen molar-refractivity contribution in [2.45, 2.75) is 0 Å². The standard InChI is InChI=1S/C21H18N2O7/c1-27-15-8-11-9-16(30-17(11)19(29-3)18(15)28-2)20(24)22-12-4-5-13-10(6-12)7-14(23-13)21(25)26/h4-9,23H,1-3H3,(H,22,24)(H,25,26). The first-order chi connectivity index (χ1) is 14.4. The predicted octanol–water partition coefficient (Wildman–Crippen LogP) is 3.89. The Balaban J connectivity index is 1.68. The summed E-state index contributed by atoms with van der Waals surface area (Å²) < 4.78 is 21.8. The van der Waals surface area contributed by atoms with Crippen LogP contribution < -0.4 is 19.5 Å². The molecule has 0 aliphatic carbocycles.